The average Bonchev–Trinajstić information content (AvgIpc) is 2.73. The Kier molecular flexibility index (Phi) is 6.00. The van der Waals surface area contributed by atoms with Crippen LogP contribution in [0.1, 0.15) is 38.8 Å². The maximum Gasteiger partial charge on any atom is 0.338 e. The van der Waals surface area contributed by atoms with Crippen LogP contribution in [0.2, 0.25) is 0 Å². The molecule has 136 valence electrons. The highest BCUT2D eigenvalue weighted by Gasteiger charge is 2.11. The van der Waals surface area contributed by atoms with Gasteiger partial charge in [0.25, 0.3) is 0 Å². The van der Waals surface area contributed by atoms with Gasteiger partial charge in [0.2, 0.25) is 0 Å². The summed E-state index contributed by atoms with van der Waals surface area (Å²) < 4.78 is 10.7. The molecule has 4 nitrogen and oxygen atoms in total. The fraction of sp³-hybridized carbons (Fsp3) is 0.130. The first-order valence-corrected chi connectivity index (χ1v) is 8.76. The van der Waals surface area contributed by atoms with Crippen molar-refractivity contribution in [1.82, 2.24) is 0 Å². The molecule has 0 unspecified atom stereocenters. The molecular formula is C23H20O4. The first-order chi connectivity index (χ1) is 13.2. The first-order valence-electron chi connectivity index (χ1n) is 8.76. The van der Waals surface area contributed by atoms with Gasteiger partial charge in [-0.25, -0.2) is 4.79 Å². The van der Waals surface area contributed by atoms with Crippen LogP contribution in [0.25, 0.3) is 0 Å². The van der Waals surface area contributed by atoms with Gasteiger partial charge in [-0.15, -0.1) is 0 Å². The molecule has 0 spiro atoms. The van der Waals surface area contributed by atoms with E-state index in [2.05, 4.69) is 0 Å². The number of carbonyl (C=O) groups excluding carboxylic acids is 2. The second-order valence-electron chi connectivity index (χ2n) is 5.93. The highest BCUT2D eigenvalue weighted by atomic mass is 16.5. The molecule has 0 aromatic heterocycles. The maximum absolute atomic E-state index is 12.6. The van der Waals surface area contributed by atoms with Crippen molar-refractivity contribution in [3.8, 4) is 5.75 Å². The van der Waals surface area contributed by atoms with E-state index < -0.39 is 5.97 Å². The zero-order valence-electron chi connectivity index (χ0n) is 15.1. The largest absolute Gasteiger partial charge is 0.489 e. The Bertz CT molecular complexity index is 897. The van der Waals surface area contributed by atoms with Crippen LogP contribution in [0, 0.1) is 0 Å². The predicted molar refractivity (Wildman–Crippen MR) is 103 cm³/mol. The van der Waals surface area contributed by atoms with Crippen LogP contribution in [0.4, 0.5) is 0 Å². The zero-order valence-corrected chi connectivity index (χ0v) is 15.1. The minimum atomic E-state index is -0.392. The van der Waals surface area contributed by atoms with Crippen LogP contribution in [0.3, 0.4) is 0 Å². The number of benzene rings is 3. The minimum Gasteiger partial charge on any atom is -0.489 e. The van der Waals surface area contributed by atoms with Gasteiger partial charge in [0, 0.05) is 11.1 Å². The Labute approximate surface area is 158 Å². The number of esters is 1. The molecule has 3 aromatic carbocycles. The molecule has 0 heterocycles. The Morgan fingerprint density at radius 3 is 1.89 bits per heavy atom. The van der Waals surface area contributed by atoms with Crippen molar-refractivity contribution in [2.75, 3.05) is 6.61 Å². The number of hydrogen-bond acceptors (Lipinski definition) is 4. The summed E-state index contributed by atoms with van der Waals surface area (Å²) >= 11 is 0. The number of ketones is 1. The van der Waals surface area contributed by atoms with Gasteiger partial charge in [0.05, 0.1) is 12.2 Å². The SMILES string of the molecule is CCOC(=O)c1ccc(C(=O)c2ccc(OCc3ccccc3)cc2)cc1. The molecule has 0 aliphatic heterocycles. The molecule has 0 saturated heterocycles. The van der Waals surface area contributed by atoms with Gasteiger partial charge in [-0.1, -0.05) is 42.5 Å². The summed E-state index contributed by atoms with van der Waals surface area (Å²) in [6, 6.07) is 23.4. The van der Waals surface area contributed by atoms with Gasteiger partial charge in [0.15, 0.2) is 5.78 Å². The van der Waals surface area contributed by atoms with E-state index in [1.54, 1.807) is 55.5 Å². The Morgan fingerprint density at radius 1 is 0.741 bits per heavy atom. The topological polar surface area (TPSA) is 52.6 Å². The lowest BCUT2D eigenvalue weighted by molar-refractivity contribution is 0.0526. The molecule has 0 N–H and O–H groups in total. The summed E-state index contributed by atoms with van der Waals surface area (Å²) in [5.74, 6) is 0.199. The van der Waals surface area contributed by atoms with Crippen LogP contribution in [0.5, 0.6) is 5.75 Å². The molecule has 4 heteroatoms. The van der Waals surface area contributed by atoms with E-state index in [-0.39, 0.29) is 5.78 Å². The van der Waals surface area contributed by atoms with Gasteiger partial charge in [-0.05, 0) is 48.9 Å². The summed E-state index contributed by atoms with van der Waals surface area (Å²) in [5.41, 5.74) is 2.59. The Morgan fingerprint density at radius 2 is 1.30 bits per heavy atom. The second-order valence-corrected chi connectivity index (χ2v) is 5.93. The summed E-state index contributed by atoms with van der Waals surface area (Å²) in [7, 11) is 0. The molecule has 0 atom stereocenters. The lowest BCUT2D eigenvalue weighted by Gasteiger charge is -2.07. The van der Waals surface area contributed by atoms with Crippen LogP contribution in [-0.2, 0) is 11.3 Å². The normalized spacial score (nSPS) is 10.3. The summed E-state index contributed by atoms with van der Waals surface area (Å²) in [4.78, 5) is 24.3. The van der Waals surface area contributed by atoms with Gasteiger partial charge >= 0.3 is 5.97 Å². The van der Waals surface area contributed by atoms with Crippen LogP contribution >= 0.6 is 0 Å². The van der Waals surface area contributed by atoms with E-state index in [4.69, 9.17) is 9.47 Å². The third-order valence-corrected chi connectivity index (χ3v) is 4.02. The molecule has 3 rings (SSSR count). The van der Waals surface area contributed by atoms with E-state index >= 15 is 0 Å². The molecule has 0 amide bonds. The van der Waals surface area contributed by atoms with E-state index in [1.165, 1.54) is 0 Å². The fourth-order valence-corrected chi connectivity index (χ4v) is 2.58. The van der Waals surface area contributed by atoms with Gasteiger partial charge in [0.1, 0.15) is 12.4 Å². The zero-order chi connectivity index (χ0) is 19.1. The molecule has 3 aromatic rings. The van der Waals surface area contributed by atoms with Gasteiger partial charge in [-0.2, -0.15) is 0 Å². The van der Waals surface area contributed by atoms with E-state index in [0.29, 0.717) is 35.7 Å². The van der Waals surface area contributed by atoms with Crippen LogP contribution in [0.15, 0.2) is 78.9 Å². The highest BCUT2D eigenvalue weighted by Crippen LogP contribution is 2.17. The smallest absolute Gasteiger partial charge is 0.338 e. The molecular weight excluding hydrogens is 340 g/mol. The van der Waals surface area contributed by atoms with Gasteiger partial charge < -0.3 is 9.47 Å². The van der Waals surface area contributed by atoms with Crippen molar-refractivity contribution in [1.29, 1.82) is 0 Å². The molecule has 0 fully saturated rings. The standard InChI is InChI=1S/C23H20O4/c1-2-26-23(25)20-10-8-18(9-11-20)22(24)19-12-14-21(15-13-19)27-16-17-6-4-3-5-7-17/h3-15H,2,16H2,1H3. The summed E-state index contributed by atoms with van der Waals surface area (Å²) in [6.45, 7) is 2.55. The van der Waals surface area contributed by atoms with Crippen molar-refractivity contribution < 1.29 is 19.1 Å². The van der Waals surface area contributed by atoms with Crippen molar-refractivity contribution in [3.63, 3.8) is 0 Å². The van der Waals surface area contributed by atoms with E-state index in [1.807, 2.05) is 30.3 Å². The second kappa shape index (κ2) is 8.81. The summed E-state index contributed by atoms with van der Waals surface area (Å²) in [6.07, 6.45) is 0. The van der Waals surface area contributed by atoms with Crippen molar-refractivity contribution in [2.45, 2.75) is 13.5 Å². The quantitative estimate of drug-likeness (QED) is 0.454. The highest BCUT2D eigenvalue weighted by molar-refractivity contribution is 6.09. The fourth-order valence-electron chi connectivity index (χ4n) is 2.58. The number of rotatable bonds is 7. The van der Waals surface area contributed by atoms with Crippen molar-refractivity contribution >= 4 is 11.8 Å². The average molecular weight is 360 g/mol. The molecule has 27 heavy (non-hydrogen) atoms. The van der Waals surface area contributed by atoms with Crippen molar-refractivity contribution in [3.05, 3.63) is 101 Å². The van der Waals surface area contributed by atoms with Crippen LogP contribution in [-0.4, -0.2) is 18.4 Å². The molecule has 0 aliphatic carbocycles. The third kappa shape index (κ3) is 4.82. The number of hydrogen-bond donors (Lipinski definition) is 0. The van der Waals surface area contributed by atoms with E-state index in [9.17, 15) is 9.59 Å². The number of ether oxygens (including phenoxy) is 2. The Balaban J connectivity index is 1.64. The predicted octanol–water partition coefficient (Wildman–Crippen LogP) is 4.67. The van der Waals surface area contributed by atoms with Crippen LogP contribution < -0.4 is 4.74 Å². The van der Waals surface area contributed by atoms with Gasteiger partial charge in [-0.3, -0.25) is 4.79 Å². The lowest BCUT2D eigenvalue weighted by Crippen LogP contribution is -2.06. The lowest BCUT2D eigenvalue weighted by atomic mass is 10.0. The molecule has 0 aliphatic rings. The Hall–Kier alpha value is -3.40. The van der Waals surface area contributed by atoms with Crippen molar-refractivity contribution in [2.24, 2.45) is 0 Å². The molecule has 0 bridgehead atoms. The minimum absolute atomic E-state index is 0.111. The first kappa shape index (κ1) is 18.4. The molecule has 0 saturated carbocycles. The monoisotopic (exact) mass is 360 g/mol. The van der Waals surface area contributed by atoms with E-state index in [0.717, 1.165) is 5.56 Å². The summed E-state index contributed by atoms with van der Waals surface area (Å²) in [5, 5.41) is 0. The third-order valence-electron chi connectivity index (χ3n) is 4.02. The number of carbonyl (C=O) groups is 2. The molecule has 0 radical (unpaired) electrons. The maximum atomic E-state index is 12.6.